The van der Waals surface area contributed by atoms with Gasteiger partial charge in [0.25, 0.3) is 0 Å². The van der Waals surface area contributed by atoms with Crippen molar-refractivity contribution in [1.82, 2.24) is 4.98 Å². The van der Waals surface area contributed by atoms with Gasteiger partial charge in [0.2, 0.25) is 0 Å². The lowest BCUT2D eigenvalue weighted by atomic mass is 10.0. The van der Waals surface area contributed by atoms with Crippen molar-refractivity contribution in [3.8, 4) is 0 Å². The van der Waals surface area contributed by atoms with Crippen LogP contribution in [0.15, 0.2) is 29.7 Å². The van der Waals surface area contributed by atoms with Gasteiger partial charge in [-0.2, -0.15) is 0 Å². The molecule has 0 aromatic carbocycles. The lowest BCUT2D eigenvalue weighted by Gasteiger charge is -2.00. The number of carbonyl (C=O) groups is 1. The van der Waals surface area contributed by atoms with Gasteiger partial charge in [-0.25, -0.2) is 4.79 Å². The molecule has 66 valence electrons. The predicted molar refractivity (Wildman–Crippen MR) is 46.0 cm³/mol. The van der Waals surface area contributed by atoms with E-state index in [2.05, 4.69) is 15.0 Å². The van der Waals surface area contributed by atoms with Crippen LogP contribution < -0.4 is 0 Å². The molecule has 0 amide bonds. The van der Waals surface area contributed by atoms with E-state index < -0.39 is 0 Å². The summed E-state index contributed by atoms with van der Waals surface area (Å²) in [5, 5.41) is 3.70. The molecule has 1 aliphatic rings. The standard InChI is InChI=1S/C9H8N2O2/c1-6-8(11-13-9(6)12)7-3-2-4-10-5-7/h2-6H,1H3. The highest BCUT2D eigenvalue weighted by Crippen LogP contribution is 2.16. The fourth-order valence-electron chi connectivity index (χ4n) is 1.18. The lowest BCUT2D eigenvalue weighted by Crippen LogP contribution is -2.15. The van der Waals surface area contributed by atoms with Gasteiger partial charge in [-0.15, -0.1) is 0 Å². The SMILES string of the molecule is CC1C(=O)ON=C1c1cccnc1. The number of oxime groups is 1. The Labute approximate surface area is 75.2 Å². The van der Waals surface area contributed by atoms with Gasteiger partial charge in [0.1, 0.15) is 11.6 Å². The van der Waals surface area contributed by atoms with Crippen LogP contribution >= 0.6 is 0 Å². The highest BCUT2D eigenvalue weighted by molar-refractivity contribution is 6.13. The second-order valence-electron chi connectivity index (χ2n) is 2.85. The molecule has 0 N–H and O–H groups in total. The van der Waals surface area contributed by atoms with Crippen LogP contribution in [0.1, 0.15) is 12.5 Å². The molecule has 2 rings (SSSR count). The summed E-state index contributed by atoms with van der Waals surface area (Å²) < 4.78 is 0. The van der Waals surface area contributed by atoms with E-state index in [-0.39, 0.29) is 11.9 Å². The largest absolute Gasteiger partial charge is 0.343 e. The molecule has 2 heterocycles. The summed E-state index contributed by atoms with van der Waals surface area (Å²) in [4.78, 5) is 19.5. The predicted octanol–water partition coefficient (Wildman–Crippen LogP) is 0.979. The Morgan fingerprint density at radius 1 is 1.54 bits per heavy atom. The summed E-state index contributed by atoms with van der Waals surface area (Å²) in [6, 6.07) is 3.65. The maximum absolute atomic E-state index is 11.0. The zero-order chi connectivity index (χ0) is 9.26. The van der Waals surface area contributed by atoms with Crippen LogP contribution in [0.25, 0.3) is 0 Å². The van der Waals surface area contributed by atoms with Gasteiger partial charge in [-0.05, 0) is 19.1 Å². The van der Waals surface area contributed by atoms with Crippen LogP contribution in [0.2, 0.25) is 0 Å². The number of nitrogens with zero attached hydrogens (tertiary/aromatic N) is 2. The quantitative estimate of drug-likeness (QED) is 0.599. The zero-order valence-corrected chi connectivity index (χ0v) is 7.10. The molecular formula is C9H8N2O2. The van der Waals surface area contributed by atoms with Crippen molar-refractivity contribution in [3.63, 3.8) is 0 Å². The molecule has 0 bridgehead atoms. The van der Waals surface area contributed by atoms with E-state index in [0.29, 0.717) is 5.71 Å². The normalized spacial score (nSPS) is 21.2. The molecular weight excluding hydrogens is 168 g/mol. The molecule has 4 nitrogen and oxygen atoms in total. The number of hydrogen-bond acceptors (Lipinski definition) is 4. The van der Waals surface area contributed by atoms with Gasteiger partial charge >= 0.3 is 5.97 Å². The van der Waals surface area contributed by atoms with Crippen LogP contribution in [-0.4, -0.2) is 16.7 Å². The second-order valence-corrected chi connectivity index (χ2v) is 2.85. The molecule has 1 unspecified atom stereocenters. The molecule has 0 fully saturated rings. The highest BCUT2D eigenvalue weighted by atomic mass is 16.7. The van der Waals surface area contributed by atoms with Gasteiger partial charge < -0.3 is 4.84 Å². The molecule has 0 saturated heterocycles. The van der Waals surface area contributed by atoms with E-state index in [4.69, 9.17) is 0 Å². The Morgan fingerprint density at radius 2 is 2.38 bits per heavy atom. The van der Waals surface area contributed by atoms with Crippen molar-refractivity contribution in [1.29, 1.82) is 0 Å². The van der Waals surface area contributed by atoms with Gasteiger partial charge in [0, 0.05) is 18.0 Å². The van der Waals surface area contributed by atoms with Crippen molar-refractivity contribution in [2.75, 3.05) is 0 Å². The average Bonchev–Trinajstić information content (AvgIpc) is 2.49. The smallest absolute Gasteiger partial charge is 0.317 e. The monoisotopic (exact) mass is 176 g/mol. The van der Waals surface area contributed by atoms with E-state index in [1.165, 1.54) is 0 Å². The average molecular weight is 176 g/mol. The molecule has 0 radical (unpaired) electrons. The van der Waals surface area contributed by atoms with Gasteiger partial charge in [-0.3, -0.25) is 4.98 Å². The van der Waals surface area contributed by atoms with E-state index in [9.17, 15) is 4.79 Å². The van der Waals surface area contributed by atoms with Gasteiger partial charge in [-0.1, -0.05) is 5.16 Å². The third-order valence-electron chi connectivity index (χ3n) is 1.95. The third kappa shape index (κ3) is 1.30. The molecule has 0 spiro atoms. The zero-order valence-electron chi connectivity index (χ0n) is 7.10. The number of pyridine rings is 1. The highest BCUT2D eigenvalue weighted by Gasteiger charge is 2.29. The number of aromatic nitrogens is 1. The van der Waals surface area contributed by atoms with E-state index in [0.717, 1.165) is 5.56 Å². The van der Waals surface area contributed by atoms with E-state index >= 15 is 0 Å². The number of carbonyl (C=O) groups excluding carboxylic acids is 1. The lowest BCUT2D eigenvalue weighted by molar-refractivity contribution is -0.142. The Hall–Kier alpha value is -1.71. The van der Waals surface area contributed by atoms with Crippen molar-refractivity contribution in [3.05, 3.63) is 30.1 Å². The summed E-state index contributed by atoms with van der Waals surface area (Å²) in [7, 11) is 0. The second kappa shape index (κ2) is 2.97. The topological polar surface area (TPSA) is 51.5 Å². The molecule has 0 saturated carbocycles. The number of rotatable bonds is 1. The first-order valence-corrected chi connectivity index (χ1v) is 3.98. The Kier molecular flexibility index (Phi) is 1.81. The molecule has 0 aliphatic carbocycles. The Morgan fingerprint density at radius 3 is 2.92 bits per heavy atom. The molecule has 1 aliphatic heterocycles. The maximum atomic E-state index is 11.0. The first-order chi connectivity index (χ1) is 6.29. The molecule has 1 aromatic heterocycles. The fourth-order valence-corrected chi connectivity index (χ4v) is 1.18. The van der Waals surface area contributed by atoms with Crippen LogP contribution in [0.4, 0.5) is 0 Å². The molecule has 4 heteroatoms. The molecule has 1 atom stereocenters. The van der Waals surface area contributed by atoms with Crippen LogP contribution in [-0.2, 0) is 9.63 Å². The fraction of sp³-hybridized carbons (Fsp3) is 0.222. The summed E-state index contributed by atoms with van der Waals surface area (Å²) in [6.45, 7) is 1.77. The summed E-state index contributed by atoms with van der Waals surface area (Å²) in [5.41, 5.74) is 1.49. The van der Waals surface area contributed by atoms with Crippen LogP contribution in [0.5, 0.6) is 0 Å². The third-order valence-corrected chi connectivity index (χ3v) is 1.95. The van der Waals surface area contributed by atoms with Crippen molar-refractivity contribution >= 4 is 11.7 Å². The van der Waals surface area contributed by atoms with E-state index in [1.54, 1.807) is 25.4 Å². The van der Waals surface area contributed by atoms with E-state index in [1.807, 2.05) is 6.07 Å². The Bertz CT molecular complexity index is 359. The van der Waals surface area contributed by atoms with Crippen LogP contribution in [0, 0.1) is 5.92 Å². The van der Waals surface area contributed by atoms with Crippen molar-refractivity contribution in [2.45, 2.75) is 6.92 Å². The first kappa shape index (κ1) is 7.91. The first-order valence-electron chi connectivity index (χ1n) is 3.98. The van der Waals surface area contributed by atoms with Crippen LogP contribution in [0.3, 0.4) is 0 Å². The van der Waals surface area contributed by atoms with Gasteiger partial charge in [0.05, 0.1) is 0 Å². The Balaban J connectivity index is 2.34. The summed E-state index contributed by atoms with van der Waals surface area (Å²) in [5.74, 6) is -0.594. The molecule has 13 heavy (non-hydrogen) atoms. The van der Waals surface area contributed by atoms with Gasteiger partial charge in [0.15, 0.2) is 0 Å². The van der Waals surface area contributed by atoms with Crippen molar-refractivity contribution in [2.24, 2.45) is 11.1 Å². The minimum absolute atomic E-state index is 0.288. The molecule has 1 aromatic rings. The minimum atomic E-state index is -0.307. The maximum Gasteiger partial charge on any atom is 0.343 e. The summed E-state index contributed by atoms with van der Waals surface area (Å²) >= 11 is 0. The van der Waals surface area contributed by atoms with Crippen molar-refractivity contribution < 1.29 is 9.63 Å². The minimum Gasteiger partial charge on any atom is -0.317 e. The summed E-state index contributed by atoms with van der Waals surface area (Å²) in [6.07, 6.45) is 3.34. The number of hydrogen-bond donors (Lipinski definition) is 0.